The lowest BCUT2D eigenvalue weighted by Gasteiger charge is -2.24. The summed E-state index contributed by atoms with van der Waals surface area (Å²) in [6.07, 6.45) is 5.32. The Morgan fingerprint density at radius 3 is 3.00 bits per heavy atom. The minimum absolute atomic E-state index is 0.570. The lowest BCUT2D eigenvalue weighted by atomic mass is 10.2. The predicted octanol–water partition coefficient (Wildman–Crippen LogP) is 1.41. The zero-order valence-electron chi connectivity index (χ0n) is 8.53. The summed E-state index contributed by atoms with van der Waals surface area (Å²) in [7, 11) is -0.570. The highest BCUT2D eigenvalue weighted by atomic mass is 32.2. The topological polar surface area (TPSA) is 20.3 Å². The van der Waals surface area contributed by atoms with Crippen LogP contribution in [0.15, 0.2) is 12.2 Å². The first kappa shape index (κ1) is 10.9. The first-order valence-corrected chi connectivity index (χ1v) is 6.43. The van der Waals surface area contributed by atoms with Crippen LogP contribution in [0.5, 0.6) is 0 Å². The summed E-state index contributed by atoms with van der Waals surface area (Å²) in [6, 6.07) is 0.586. The first-order chi connectivity index (χ1) is 6.24. The van der Waals surface area contributed by atoms with Gasteiger partial charge in [0.05, 0.1) is 0 Å². The van der Waals surface area contributed by atoms with Crippen molar-refractivity contribution in [1.82, 2.24) is 4.90 Å². The molecule has 2 atom stereocenters. The fraction of sp³-hybridized carbons (Fsp3) is 0.800. The summed E-state index contributed by atoms with van der Waals surface area (Å²) < 4.78 is 11.3. The molecule has 13 heavy (non-hydrogen) atoms. The Morgan fingerprint density at radius 1 is 1.54 bits per heavy atom. The van der Waals surface area contributed by atoms with Crippen LogP contribution in [0.25, 0.3) is 0 Å². The largest absolute Gasteiger partial charge is 0.296 e. The number of rotatable bonds is 2. The maximum Gasteiger partial charge on any atom is 0.0362 e. The van der Waals surface area contributed by atoms with Crippen molar-refractivity contribution in [3.63, 3.8) is 0 Å². The van der Waals surface area contributed by atoms with Gasteiger partial charge in [-0.2, -0.15) is 0 Å². The van der Waals surface area contributed by atoms with Crippen LogP contribution in [-0.4, -0.2) is 39.7 Å². The Labute approximate surface area is 83.5 Å². The van der Waals surface area contributed by atoms with E-state index in [9.17, 15) is 4.21 Å². The molecule has 0 spiro atoms. The SMILES string of the molecule is C/C=C/CN1CCS(=O)CCC1C. The van der Waals surface area contributed by atoms with Gasteiger partial charge in [0, 0.05) is 41.4 Å². The van der Waals surface area contributed by atoms with Gasteiger partial charge < -0.3 is 0 Å². The van der Waals surface area contributed by atoms with Crippen LogP contribution < -0.4 is 0 Å². The Hall–Kier alpha value is -0.150. The Bertz CT molecular complexity index is 203. The molecule has 1 rings (SSSR count). The molecule has 76 valence electrons. The van der Waals surface area contributed by atoms with Gasteiger partial charge in [-0.3, -0.25) is 9.11 Å². The van der Waals surface area contributed by atoms with Crippen molar-refractivity contribution in [1.29, 1.82) is 0 Å². The molecule has 1 aliphatic rings. The second-order valence-corrected chi connectivity index (χ2v) is 5.25. The monoisotopic (exact) mass is 201 g/mol. The zero-order valence-corrected chi connectivity index (χ0v) is 9.35. The number of hydrogen-bond donors (Lipinski definition) is 0. The first-order valence-electron chi connectivity index (χ1n) is 4.94. The van der Waals surface area contributed by atoms with Gasteiger partial charge >= 0.3 is 0 Å². The molecule has 2 nitrogen and oxygen atoms in total. The molecule has 0 N–H and O–H groups in total. The molecule has 1 aliphatic heterocycles. The van der Waals surface area contributed by atoms with Gasteiger partial charge in [0.15, 0.2) is 0 Å². The molecule has 0 aromatic carbocycles. The van der Waals surface area contributed by atoms with Crippen molar-refractivity contribution in [2.75, 3.05) is 24.6 Å². The number of nitrogens with zero attached hydrogens (tertiary/aromatic N) is 1. The molecule has 0 saturated carbocycles. The average molecular weight is 201 g/mol. The third-order valence-electron chi connectivity index (χ3n) is 2.57. The molecule has 3 heteroatoms. The van der Waals surface area contributed by atoms with E-state index in [0.29, 0.717) is 6.04 Å². The zero-order chi connectivity index (χ0) is 9.68. The highest BCUT2D eigenvalue weighted by Crippen LogP contribution is 2.09. The van der Waals surface area contributed by atoms with E-state index in [4.69, 9.17) is 0 Å². The molecule has 2 unspecified atom stereocenters. The minimum atomic E-state index is -0.570. The second-order valence-electron chi connectivity index (χ2n) is 3.55. The standard InChI is InChI=1S/C10H19NOS/c1-3-4-6-11-7-9-13(12)8-5-10(11)2/h3-4,10H,5-9H2,1-2H3/b4-3+. The third kappa shape index (κ3) is 3.61. The third-order valence-corrected chi connectivity index (χ3v) is 3.90. The minimum Gasteiger partial charge on any atom is -0.296 e. The van der Waals surface area contributed by atoms with Crippen molar-refractivity contribution in [3.8, 4) is 0 Å². The van der Waals surface area contributed by atoms with Crippen LogP contribution in [0, 0.1) is 0 Å². The van der Waals surface area contributed by atoms with E-state index < -0.39 is 10.8 Å². The average Bonchev–Trinajstić information content (AvgIpc) is 2.28. The second kappa shape index (κ2) is 5.55. The van der Waals surface area contributed by atoms with E-state index in [2.05, 4.69) is 24.0 Å². The van der Waals surface area contributed by atoms with Gasteiger partial charge in [0.2, 0.25) is 0 Å². The molecule has 1 saturated heterocycles. The van der Waals surface area contributed by atoms with Crippen molar-refractivity contribution in [2.24, 2.45) is 0 Å². The smallest absolute Gasteiger partial charge is 0.0362 e. The van der Waals surface area contributed by atoms with E-state index in [1.165, 1.54) is 0 Å². The van der Waals surface area contributed by atoms with Crippen molar-refractivity contribution in [2.45, 2.75) is 26.3 Å². The van der Waals surface area contributed by atoms with Crippen molar-refractivity contribution >= 4 is 10.8 Å². The number of hydrogen-bond acceptors (Lipinski definition) is 2. The van der Waals surface area contributed by atoms with Crippen LogP contribution in [0.4, 0.5) is 0 Å². The summed E-state index contributed by atoms with van der Waals surface area (Å²) >= 11 is 0. The van der Waals surface area contributed by atoms with Crippen LogP contribution in [0.1, 0.15) is 20.3 Å². The highest BCUT2D eigenvalue weighted by molar-refractivity contribution is 7.85. The van der Waals surface area contributed by atoms with Crippen LogP contribution >= 0.6 is 0 Å². The quantitative estimate of drug-likeness (QED) is 0.630. The van der Waals surface area contributed by atoms with Crippen molar-refractivity contribution < 1.29 is 4.21 Å². The van der Waals surface area contributed by atoms with Gasteiger partial charge in [0.25, 0.3) is 0 Å². The maximum atomic E-state index is 11.3. The van der Waals surface area contributed by atoms with Crippen LogP contribution in [-0.2, 0) is 10.8 Å². The summed E-state index contributed by atoms with van der Waals surface area (Å²) in [6.45, 7) is 6.26. The van der Waals surface area contributed by atoms with E-state index in [1.54, 1.807) is 0 Å². The molecule has 1 fully saturated rings. The molecule has 0 aliphatic carbocycles. The Balaban J connectivity index is 2.46. The van der Waals surface area contributed by atoms with Gasteiger partial charge in [-0.05, 0) is 20.3 Å². The summed E-state index contributed by atoms with van der Waals surface area (Å²) in [5.74, 6) is 1.73. The molecule has 1 heterocycles. The molecule has 0 radical (unpaired) electrons. The Morgan fingerprint density at radius 2 is 2.31 bits per heavy atom. The van der Waals surface area contributed by atoms with Crippen molar-refractivity contribution in [3.05, 3.63) is 12.2 Å². The van der Waals surface area contributed by atoms with Gasteiger partial charge in [-0.1, -0.05) is 12.2 Å². The van der Waals surface area contributed by atoms with Gasteiger partial charge in [-0.25, -0.2) is 0 Å². The fourth-order valence-electron chi connectivity index (χ4n) is 1.54. The van der Waals surface area contributed by atoms with Crippen LogP contribution in [0.2, 0.25) is 0 Å². The van der Waals surface area contributed by atoms with E-state index in [1.807, 2.05) is 6.92 Å². The highest BCUT2D eigenvalue weighted by Gasteiger charge is 2.18. The molecule has 0 aromatic rings. The fourth-order valence-corrected chi connectivity index (χ4v) is 2.78. The lowest BCUT2D eigenvalue weighted by Crippen LogP contribution is -2.33. The molecular formula is C10H19NOS. The van der Waals surface area contributed by atoms with Gasteiger partial charge in [0.1, 0.15) is 0 Å². The molecule has 0 amide bonds. The van der Waals surface area contributed by atoms with E-state index >= 15 is 0 Å². The Kier molecular flexibility index (Phi) is 4.67. The number of allylic oxidation sites excluding steroid dienone is 1. The summed E-state index contributed by atoms with van der Waals surface area (Å²) in [5, 5.41) is 0. The molecular weight excluding hydrogens is 182 g/mol. The van der Waals surface area contributed by atoms with Gasteiger partial charge in [-0.15, -0.1) is 0 Å². The van der Waals surface area contributed by atoms with E-state index in [-0.39, 0.29) is 0 Å². The van der Waals surface area contributed by atoms with E-state index in [0.717, 1.165) is 31.0 Å². The van der Waals surface area contributed by atoms with Crippen LogP contribution in [0.3, 0.4) is 0 Å². The normalized spacial score (nSPS) is 32.2. The predicted molar refractivity (Wildman–Crippen MR) is 58.3 cm³/mol. The summed E-state index contributed by atoms with van der Waals surface area (Å²) in [5.41, 5.74) is 0. The summed E-state index contributed by atoms with van der Waals surface area (Å²) in [4.78, 5) is 2.41. The molecule has 0 aromatic heterocycles. The maximum absolute atomic E-state index is 11.3. The molecule has 0 bridgehead atoms. The lowest BCUT2D eigenvalue weighted by molar-refractivity contribution is 0.245.